The molecule has 140 valence electrons. The number of hydrogen-bond donors (Lipinski definition) is 6. The van der Waals surface area contributed by atoms with E-state index in [1.165, 1.54) is 10.8 Å². The molecule has 25 heavy (non-hydrogen) atoms. The average molecular weight is 357 g/mol. The van der Waals surface area contributed by atoms with E-state index in [1.54, 1.807) is 0 Å². The molecule has 0 bridgehead atoms. The Bertz CT molecular complexity index is 666. The van der Waals surface area contributed by atoms with Gasteiger partial charge in [0.05, 0.1) is 12.7 Å². The highest BCUT2D eigenvalue weighted by molar-refractivity contribution is 5.72. The minimum Gasteiger partial charge on any atom is -0.480 e. The molecule has 0 radical (unpaired) electrons. The van der Waals surface area contributed by atoms with Crippen LogP contribution in [0, 0.1) is 0 Å². The zero-order valence-electron chi connectivity index (χ0n) is 13.5. The minimum atomic E-state index is -1.08. The molecule has 0 spiro atoms. The number of nitrogens with zero attached hydrogens (tertiary/aromatic N) is 2. The molecular weight excluding hydrogens is 334 g/mol. The Balaban J connectivity index is 2.03. The molecule has 1 saturated heterocycles. The number of carboxylic acid groups (broad SMARTS) is 1. The lowest BCUT2D eigenvalue weighted by molar-refractivity contribution is -0.138. The quantitative estimate of drug-likeness (QED) is 0.268. The Morgan fingerprint density at radius 3 is 2.88 bits per heavy atom. The van der Waals surface area contributed by atoms with E-state index in [-0.39, 0.29) is 31.8 Å². The van der Waals surface area contributed by atoms with Crippen LogP contribution in [0.3, 0.4) is 0 Å². The molecule has 1 aliphatic rings. The van der Waals surface area contributed by atoms with Crippen molar-refractivity contribution in [2.24, 2.45) is 5.73 Å². The van der Waals surface area contributed by atoms with E-state index in [2.05, 4.69) is 10.3 Å². The number of aromatic nitrogens is 2. The van der Waals surface area contributed by atoms with Gasteiger partial charge >= 0.3 is 11.7 Å². The maximum Gasteiger partial charge on any atom is 0.351 e. The van der Waals surface area contributed by atoms with Crippen molar-refractivity contribution in [2.45, 2.75) is 43.9 Å². The summed E-state index contributed by atoms with van der Waals surface area (Å²) in [5, 5.41) is 30.6. The van der Waals surface area contributed by atoms with E-state index in [0.717, 1.165) is 0 Å². The van der Waals surface area contributed by atoms with Gasteiger partial charge in [-0.3, -0.25) is 9.36 Å². The molecule has 1 fully saturated rings. The maximum atomic E-state index is 12.0. The number of nitrogens with one attached hydrogen (secondary N) is 1. The van der Waals surface area contributed by atoms with Crippen molar-refractivity contribution in [3.63, 3.8) is 0 Å². The molecule has 11 nitrogen and oxygen atoms in total. The van der Waals surface area contributed by atoms with Crippen LogP contribution in [0.5, 0.6) is 0 Å². The van der Waals surface area contributed by atoms with Crippen LogP contribution in [0.15, 0.2) is 11.0 Å². The van der Waals surface area contributed by atoms with Crippen molar-refractivity contribution >= 4 is 11.8 Å². The molecule has 1 aliphatic heterocycles. The Hall–Kier alpha value is -2.05. The van der Waals surface area contributed by atoms with E-state index in [4.69, 9.17) is 26.4 Å². The van der Waals surface area contributed by atoms with E-state index >= 15 is 0 Å². The molecule has 4 atom stereocenters. The first-order valence-corrected chi connectivity index (χ1v) is 7.84. The number of hydrogen-bond acceptors (Lipinski definition) is 9. The second-order valence-corrected chi connectivity index (χ2v) is 5.87. The van der Waals surface area contributed by atoms with Crippen LogP contribution >= 0.6 is 0 Å². The third-order valence-corrected chi connectivity index (χ3v) is 4.02. The van der Waals surface area contributed by atoms with Gasteiger partial charge in [-0.2, -0.15) is 4.98 Å². The zero-order chi connectivity index (χ0) is 18.6. The summed E-state index contributed by atoms with van der Waals surface area (Å²) in [6, 6.07) is -0.958. The van der Waals surface area contributed by atoms with E-state index in [1.807, 2.05) is 0 Å². The lowest BCUT2D eigenvalue weighted by Gasteiger charge is -2.16. The summed E-state index contributed by atoms with van der Waals surface area (Å²) < 4.78 is 6.67. The van der Waals surface area contributed by atoms with Gasteiger partial charge in [-0.15, -0.1) is 0 Å². The van der Waals surface area contributed by atoms with Crippen molar-refractivity contribution in [2.75, 3.05) is 18.9 Å². The van der Waals surface area contributed by atoms with Gasteiger partial charge in [-0.25, -0.2) is 4.79 Å². The standard InChI is InChI=1S/C14H23N5O6/c15-8(13(22)23)1-2-17-4-7-5-19(14(24)18-12(7)16)11-3-9(21)10(6-20)25-11/h5,8-11,17,20-21H,1-4,6,15H2,(H,22,23)(H2,16,18,24)/t8-,9-,10+,11+/m0/s1. The van der Waals surface area contributed by atoms with Gasteiger partial charge in [0.15, 0.2) is 0 Å². The number of nitrogen functional groups attached to an aromatic ring is 1. The SMILES string of the molecule is Nc1nc(=O)n([C@H]2C[C@H](O)[C@@H](CO)O2)cc1CNCC[C@H](N)C(=O)O. The largest absolute Gasteiger partial charge is 0.480 e. The summed E-state index contributed by atoms with van der Waals surface area (Å²) in [7, 11) is 0. The number of aliphatic hydroxyl groups is 2. The van der Waals surface area contributed by atoms with Crippen LogP contribution in [-0.2, 0) is 16.1 Å². The highest BCUT2D eigenvalue weighted by atomic mass is 16.5. The van der Waals surface area contributed by atoms with Gasteiger partial charge < -0.3 is 36.8 Å². The summed E-state index contributed by atoms with van der Waals surface area (Å²) in [5.41, 5.74) is 11.1. The van der Waals surface area contributed by atoms with Gasteiger partial charge in [0, 0.05) is 24.7 Å². The Morgan fingerprint density at radius 1 is 1.56 bits per heavy atom. The minimum absolute atomic E-state index is 0.0496. The highest BCUT2D eigenvalue weighted by Gasteiger charge is 2.35. The van der Waals surface area contributed by atoms with Crippen LogP contribution < -0.4 is 22.5 Å². The van der Waals surface area contributed by atoms with Crippen LogP contribution in [0.1, 0.15) is 24.6 Å². The summed E-state index contributed by atoms with van der Waals surface area (Å²) in [6.07, 6.45) is -0.513. The summed E-state index contributed by atoms with van der Waals surface area (Å²) in [5.74, 6) is -1.03. The summed E-state index contributed by atoms with van der Waals surface area (Å²) >= 11 is 0. The molecule has 8 N–H and O–H groups in total. The molecule has 2 rings (SSSR count). The molecule has 1 aromatic rings. The number of nitrogens with two attached hydrogens (primary N) is 2. The Kier molecular flexibility index (Phi) is 6.45. The number of carboxylic acids is 1. The van der Waals surface area contributed by atoms with Crippen LogP contribution in [0.2, 0.25) is 0 Å². The fraction of sp³-hybridized carbons (Fsp3) is 0.643. The zero-order valence-corrected chi connectivity index (χ0v) is 13.5. The van der Waals surface area contributed by atoms with Crippen molar-refractivity contribution in [3.8, 4) is 0 Å². The van der Waals surface area contributed by atoms with Crippen molar-refractivity contribution in [1.29, 1.82) is 0 Å². The molecule has 0 aromatic carbocycles. The molecule has 2 heterocycles. The van der Waals surface area contributed by atoms with Gasteiger partial charge in [0.25, 0.3) is 0 Å². The summed E-state index contributed by atoms with van der Waals surface area (Å²) in [6.45, 7) is 0.245. The maximum absolute atomic E-state index is 12.0. The first-order chi connectivity index (χ1) is 11.8. The normalized spacial score (nSPS) is 24.4. The molecule has 11 heteroatoms. The van der Waals surface area contributed by atoms with Gasteiger partial charge in [-0.1, -0.05) is 0 Å². The number of aliphatic carboxylic acids is 1. The first-order valence-electron chi connectivity index (χ1n) is 7.84. The number of ether oxygens (including phenoxy) is 1. The Labute approximate surface area is 143 Å². The second-order valence-electron chi connectivity index (χ2n) is 5.87. The predicted octanol–water partition coefficient (Wildman–Crippen LogP) is -2.64. The monoisotopic (exact) mass is 357 g/mol. The van der Waals surface area contributed by atoms with Gasteiger partial charge in [0.2, 0.25) is 0 Å². The van der Waals surface area contributed by atoms with E-state index < -0.39 is 36.1 Å². The topological polar surface area (TPSA) is 186 Å². The van der Waals surface area contributed by atoms with Crippen molar-refractivity contribution in [3.05, 3.63) is 22.2 Å². The molecule has 0 saturated carbocycles. The first kappa shape index (κ1) is 19.3. The van der Waals surface area contributed by atoms with Crippen molar-refractivity contribution < 1.29 is 24.9 Å². The van der Waals surface area contributed by atoms with Crippen molar-refractivity contribution in [1.82, 2.24) is 14.9 Å². The lowest BCUT2D eigenvalue weighted by atomic mass is 10.2. The molecule has 1 aromatic heterocycles. The smallest absolute Gasteiger partial charge is 0.351 e. The lowest BCUT2D eigenvalue weighted by Crippen LogP contribution is -2.34. The highest BCUT2D eigenvalue weighted by Crippen LogP contribution is 2.27. The molecule has 0 aliphatic carbocycles. The Morgan fingerprint density at radius 2 is 2.28 bits per heavy atom. The third kappa shape index (κ3) is 4.74. The van der Waals surface area contributed by atoms with Gasteiger partial charge in [-0.05, 0) is 13.0 Å². The van der Waals surface area contributed by atoms with Crippen LogP contribution in [0.4, 0.5) is 5.82 Å². The average Bonchev–Trinajstić information content (AvgIpc) is 2.93. The number of anilines is 1. The molecule has 0 amide bonds. The number of rotatable bonds is 8. The fourth-order valence-corrected chi connectivity index (χ4v) is 2.52. The predicted molar refractivity (Wildman–Crippen MR) is 86.5 cm³/mol. The fourth-order valence-electron chi connectivity index (χ4n) is 2.52. The number of aliphatic hydroxyl groups excluding tert-OH is 2. The van der Waals surface area contributed by atoms with Crippen LogP contribution in [-0.4, -0.2) is 62.2 Å². The second kappa shape index (κ2) is 8.36. The van der Waals surface area contributed by atoms with Gasteiger partial charge in [0.1, 0.15) is 24.2 Å². The van der Waals surface area contributed by atoms with Crippen LogP contribution in [0.25, 0.3) is 0 Å². The molecular formula is C14H23N5O6. The molecule has 0 unspecified atom stereocenters. The third-order valence-electron chi connectivity index (χ3n) is 4.02. The summed E-state index contributed by atoms with van der Waals surface area (Å²) in [4.78, 5) is 26.4. The number of carbonyl (C=O) groups is 1. The van der Waals surface area contributed by atoms with E-state index in [9.17, 15) is 14.7 Å². The van der Waals surface area contributed by atoms with E-state index in [0.29, 0.717) is 12.1 Å².